The SMILES string of the molecule is CCCCCN(C)C(=O)C1(CC)CCNCC1. The van der Waals surface area contributed by atoms with E-state index >= 15 is 0 Å². The number of rotatable bonds is 6. The molecule has 1 aliphatic rings. The van der Waals surface area contributed by atoms with Crippen molar-refractivity contribution in [2.24, 2.45) is 5.41 Å². The van der Waals surface area contributed by atoms with Gasteiger partial charge in [0.05, 0.1) is 5.41 Å². The summed E-state index contributed by atoms with van der Waals surface area (Å²) in [5.74, 6) is 0.373. The number of unbranched alkanes of at least 4 members (excludes halogenated alkanes) is 2. The van der Waals surface area contributed by atoms with Crippen LogP contribution in [0.3, 0.4) is 0 Å². The normalized spacial score (nSPS) is 19.0. The Morgan fingerprint density at radius 2 is 1.88 bits per heavy atom. The third kappa shape index (κ3) is 3.70. The van der Waals surface area contributed by atoms with Crippen molar-refractivity contribution in [2.75, 3.05) is 26.7 Å². The number of piperidine rings is 1. The van der Waals surface area contributed by atoms with Crippen LogP contribution in [-0.4, -0.2) is 37.5 Å². The summed E-state index contributed by atoms with van der Waals surface area (Å²) in [5.41, 5.74) is -0.0772. The monoisotopic (exact) mass is 240 g/mol. The van der Waals surface area contributed by atoms with Crippen LogP contribution >= 0.6 is 0 Å². The van der Waals surface area contributed by atoms with Gasteiger partial charge in [-0.05, 0) is 38.8 Å². The second-order valence-electron chi connectivity index (χ2n) is 5.32. The van der Waals surface area contributed by atoms with Gasteiger partial charge in [-0.2, -0.15) is 0 Å². The Bertz CT molecular complexity index is 234. The van der Waals surface area contributed by atoms with Gasteiger partial charge >= 0.3 is 0 Å². The molecule has 1 rings (SSSR count). The summed E-state index contributed by atoms with van der Waals surface area (Å²) in [6, 6.07) is 0. The Morgan fingerprint density at radius 3 is 2.41 bits per heavy atom. The Balaban J connectivity index is 2.52. The van der Waals surface area contributed by atoms with Gasteiger partial charge < -0.3 is 10.2 Å². The van der Waals surface area contributed by atoms with Crippen LogP contribution in [0.25, 0.3) is 0 Å². The van der Waals surface area contributed by atoms with Gasteiger partial charge in [0.1, 0.15) is 0 Å². The first-order valence-corrected chi connectivity index (χ1v) is 7.12. The van der Waals surface area contributed by atoms with Crippen LogP contribution in [0.5, 0.6) is 0 Å². The van der Waals surface area contributed by atoms with Gasteiger partial charge in [-0.3, -0.25) is 4.79 Å². The van der Waals surface area contributed by atoms with E-state index in [4.69, 9.17) is 0 Å². The molecular formula is C14H28N2O. The number of nitrogens with one attached hydrogen (secondary N) is 1. The molecule has 3 heteroatoms. The molecule has 0 aromatic heterocycles. The van der Waals surface area contributed by atoms with Gasteiger partial charge in [0.25, 0.3) is 0 Å². The maximum Gasteiger partial charge on any atom is 0.228 e. The smallest absolute Gasteiger partial charge is 0.228 e. The van der Waals surface area contributed by atoms with Crippen molar-refractivity contribution in [3.63, 3.8) is 0 Å². The zero-order chi connectivity index (χ0) is 12.7. The Kier molecular flexibility index (Phi) is 5.96. The standard InChI is InChI=1S/C14H28N2O/c1-4-6-7-12-16(3)13(17)14(5-2)8-10-15-11-9-14/h15H,4-12H2,1-3H3. The molecule has 1 fully saturated rings. The van der Waals surface area contributed by atoms with E-state index < -0.39 is 0 Å². The van der Waals surface area contributed by atoms with E-state index in [1.54, 1.807) is 0 Å². The van der Waals surface area contributed by atoms with Crippen LogP contribution in [0.2, 0.25) is 0 Å². The van der Waals surface area contributed by atoms with Crippen LogP contribution in [0.1, 0.15) is 52.4 Å². The van der Waals surface area contributed by atoms with Crippen LogP contribution in [0.15, 0.2) is 0 Å². The number of amides is 1. The molecular weight excluding hydrogens is 212 g/mol. The molecule has 0 atom stereocenters. The molecule has 1 amide bonds. The Hall–Kier alpha value is -0.570. The van der Waals surface area contributed by atoms with Crippen molar-refractivity contribution in [1.82, 2.24) is 10.2 Å². The van der Waals surface area contributed by atoms with E-state index in [0.717, 1.165) is 45.3 Å². The number of hydrogen-bond donors (Lipinski definition) is 1. The van der Waals surface area contributed by atoms with Gasteiger partial charge in [0.2, 0.25) is 5.91 Å². The van der Waals surface area contributed by atoms with Crippen molar-refractivity contribution in [3.8, 4) is 0 Å². The fraction of sp³-hybridized carbons (Fsp3) is 0.929. The van der Waals surface area contributed by atoms with E-state index in [9.17, 15) is 4.79 Å². The molecule has 0 radical (unpaired) electrons. The Morgan fingerprint density at radius 1 is 1.24 bits per heavy atom. The summed E-state index contributed by atoms with van der Waals surface area (Å²) >= 11 is 0. The summed E-state index contributed by atoms with van der Waals surface area (Å²) in [6.45, 7) is 7.25. The van der Waals surface area contributed by atoms with E-state index in [-0.39, 0.29) is 5.41 Å². The second kappa shape index (κ2) is 7.00. The first-order chi connectivity index (χ1) is 8.16. The molecule has 0 aliphatic carbocycles. The van der Waals surface area contributed by atoms with Gasteiger partial charge in [-0.15, -0.1) is 0 Å². The van der Waals surface area contributed by atoms with Crippen molar-refractivity contribution < 1.29 is 4.79 Å². The summed E-state index contributed by atoms with van der Waals surface area (Å²) in [6.07, 6.45) is 6.55. The summed E-state index contributed by atoms with van der Waals surface area (Å²) < 4.78 is 0. The van der Waals surface area contributed by atoms with Crippen molar-refractivity contribution in [1.29, 1.82) is 0 Å². The van der Waals surface area contributed by atoms with Crippen LogP contribution in [-0.2, 0) is 4.79 Å². The average molecular weight is 240 g/mol. The predicted molar refractivity (Wildman–Crippen MR) is 72.0 cm³/mol. The van der Waals surface area contributed by atoms with Gasteiger partial charge in [0, 0.05) is 13.6 Å². The minimum atomic E-state index is -0.0772. The lowest BCUT2D eigenvalue weighted by Crippen LogP contribution is -2.48. The van der Waals surface area contributed by atoms with Crippen molar-refractivity contribution >= 4 is 5.91 Å². The fourth-order valence-electron chi connectivity index (χ4n) is 2.73. The topological polar surface area (TPSA) is 32.3 Å². The van der Waals surface area contributed by atoms with Gasteiger partial charge in [0.15, 0.2) is 0 Å². The minimum absolute atomic E-state index is 0.0772. The maximum absolute atomic E-state index is 12.5. The number of carbonyl (C=O) groups excluding carboxylic acids is 1. The fourth-order valence-corrected chi connectivity index (χ4v) is 2.73. The molecule has 0 aromatic carbocycles. The lowest BCUT2D eigenvalue weighted by molar-refractivity contribution is -0.142. The van der Waals surface area contributed by atoms with E-state index in [1.807, 2.05) is 11.9 Å². The summed E-state index contributed by atoms with van der Waals surface area (Å²) in [4.78, 5) is 14.5. The molecule has 100 valence electrons. The van der Waals surface area contributed by atoms with Crippen LogP contribution in [0.4, 0.5) is 0 Å². The lowest BCUT2D eigenvalue weighted by Gasteiger charge is -2.38. The van der Waals surface area contributed by atoms with Crippen LogP contribution < -0.4 is 5.32 Å². The highest BCUT2D eigenvalue weighted by Gasteiger charge is 2.39. The first-order valence-electron chi connectivity index (χ1n) is 7.12. The highest BCUT2D eigenvalue weighted by molar-refractivity contribution is 5.82. The molecule has 1 N–H and O–H groups in total. The molecule has 17 heavy (non-hydrogen) atoms. The number of hydrogen-bond acceptors (Lipinski definition) is 2. The van der Waals surface area contributed by atoms with E-state index in [0.29, 0.717) is 5.91 Å². The van der Waals surface area contributed by atoms with Crippen molar-refractivity contribution in [3.05, 3.63) is 0 Å². The third-order valence-electron chi connectivity index (χ3n) is 4.13. The number of carbonyl (C=O) groups is 1. The van der Waals surface area contributed by atoms with Gasteiger partial charge in [-0.25, -0.2) is 0 Å². The predicted octanol–water partition coefficient (Wildman–Crippen LogP) is 2.41. The second-order valence-corrected chi connectivity index (χ2v) is 5.32. The molecule has 0 bridgehead atoms. The maximum atomic E-state index is 12.5. The average Bonchev–Trinajstić information content (AvgIpc) is 2.38. The van der Waals surface area contributed by atoms with E-state index in [2.05, 4.69) is 19.2 Å². The molecule has 0 aromatic rings. The molecule has 3 nitrogen and oxygen atoms in total. The molecule has 1 aliphatic heterocycles. The highest BCUT2D eigenvalue weighted by Crippen LogP contribution is 2.34. The lowest BCUT2D eigenvalue weighted by atomic mass is 9.75. The quantitative estimate of drug-likeness (QED) is 0.723. The summed E-state index contributed by atoms with van der Waals surface area (Å²) in [7, 11) is 1.97. The Labute approximate surface area is 106 Å². The molecule has 1 heterocycles. The molecule has 0 spiro atoms. The third-order valence-corrected chi connectivity index (χ3v) is 4.13. The highest BCUT2D eigenvalue weighted by atomic mass is 16.2. The van der Waals surface area contributed by atoms with Crippen molar-refractivity contribution in [2.45, 2.75) is 52.4 Å². The zero-order valence-electron chi connectivity index (χ0n) is 11.7. The molecule has 0 saturated carbocycles. The van der Waals surface area contributed by atoms with E-state index in [1.165, 1.54) is 12.8 Å². The van der Waals surface area contributed by atoms with Crippen LogP contribution in [0, 0.1) is 5.41 Å². The summed E-state index contributed by atoms with van der Waals surface area (Å²) in [5, 5.41) is 3.35. The zero-order valence-corrected chi connectivity index (χ0v) is 11.7. The molecule has 0 unspecified atom stereocenters. The first kappa shape index (κ1) is 14.5. The van der Waals surface area contributed by atoms with Gasteiger partial charge in [-0.1, -0.05) is 26.7 Å². The number of nitrogens with zero attached hydrogens (tertiary/aromatic N) is 1. The minimum Gasteiger partial charge on any atom is -0.345 e. The largest absolute Gasteiger partial charge is 0.345 e. The molecule has 1 saturated heterocycles.